The van der Waals surface area contributed by atoms with Gasteiger partial charge in [-0.3, -0.25) is 0 Å². The average Bonchev–Trinajstić information content (AvgIpc) is 3.10. The quantitative estimate of drug-likeness (QED) is 0.400. The maximum absolute atomic E-state index is 12.3. The van der Waals surface area contributed by atoms with Gasteiger partial charge >= 0.3 is 11.9 Å². The number of carbonyl (C=O) groups is 2. The van der Waals surface area contributed by atoms with Crippen molar-refractivity contribution in [2.75, 3.05) is 24.9 Å². The molecule has 0 aliphatic carbocycles. The molecule has 2 aromatic carbocycles. The van der Waals surface area contributed by atoms with Crippen molar-refractivity contribution >= 4 is 51.3 Å². The number of esters is 2. The van der Waals surface area contributed by atoms with Crippen LogP contribution in [0.25, 0.3) is 0 Å². The molecule has 0 atom stereocenters. The fourth-order valence-corrected chi connectivity index (χ4v) is 4.50. The molecule has 31 heavy (non-hydrogen) atoms. The van der Waals surface area contributed by atoms with Crippen LogP contribution in [0.2, 0.25) is 0 Å². The SMILES string of the molecule is COC(=O)c1sc(NC(=S)Nc2ccccc2Cc2ccccc2)c(C(=O)OC)c1C. The summed E-state index contributed by atoms with van der Waals surface area (Å²) in [5.41, 5.74) is 3.85. The lowest BCUT2D eigenvalue weighted by atomic mass is 10.0. The smallest absolute Gasteiger partial charge is 0.348 e. The largest absolute Gasteiger partial charge is 0.465 e. The number of anilines is 2. The highest BCUT2D eigenvalue weighted by atomic mass is 32.1. The molecule has 0 fully saturated rings. The molecular formula is C23H22N2O4S2. The lowest BCUT2D eigenvalue weighted by Crippen LogP contribution is -2.21. The molecule has 0 radical (unpaired) electrons. The first kappa shape index (κ1) is 22.5. The summed E-state index contributed by atoms with van der Waals surface area (Å²) >= 11 is 6.58. The topological polar surface area (TPSA) is 76.7 Å². The fraction of sp³-hybridized carbons (Fsp3) is 0.174. The Labute approximate surface area is 190 Å². The van der Waals surface area contributed by atoms with Crippen LogP contribution >= 0.6 is 23.6 Å². The Kier molecular flexibility index (Phi) is 7.38. The van der Waals surface area contributed by atoms with E-state index in [1.165, 1.54) is 19.8 Å². The number of para-hydroxylation sites is 1. The van der Waals surface area contributed by atoms with E-state index in [0.717, 1.165) is 29.0 Å². The predicted octanol–water partition coefficient (Wildman–Crippen LogP) is 5.03. The van der Waals surface area contributed by atoms with Gasteiger partial charge in [-0.1, -0.05) is 48.5 Å². The van der Waals surface area contributed by atoms with Crippen LogP contribution in [-0.2, 0) is 15.9 Å². The number of hydrogen-bond acceptors (Lipinski definition) is 6. The molecule has 3 aromatic rings. The molecule has 0 saturated carbocycles. The Balaban J connectivity index is 1.83. The molecule has 3 rings (SSSR count). The van der Waals surface area contributed by atoms with Crippen LogP contribution < -0.4 is 10.6 Å². The number of hydrogen-bond donors (Lipinski definition) is 2. The van der Waals surface area contributed by atoms with Crippen LogP contribution in [0, 0.1) is 6.92 Å². The number of methoxy groups -OCH3 is 2. The molecule has 8 heteroatoms. The minimum Gasteiger partial charge on any atom is -0.465 e. The summed E-state index contributed by atoms with van der Waals surface area (Å²) in [5, 5.41) is 6.94. The van der Waals surface area contributed by atoms with Crippen LogP contribution in [0.5, 0.6) is 0 Å². The third-order valence-electron chi connectivity index (χ3n) is 4.64. The van der Waals surface area contributed by atoms with Crippen molar-refractivity contribution in [3.8, 4) is 0 Å². The lowest BCUT2D eigenvalue weighted by Gasteiger charge is -2.14. The van der Waals surface area contributed by atoms with E-state index in [1.807, 2.05) is 42.5 Å². The van der Waals surface area contributed by atoms with Gasteiger partial charge in [0.05, 0.1) is 19.8 Å². The van der Waals surface area contributed by atoms with Crippen LogP contribution in [0.15, 0.2) is 54.6 Å². The summed E-state index contributed by atoms with van der Waals surface area (Å²) < 4.78 is 9.70. The standard InChI is InChI=1S/C23H22N2O4S2/c1-14-18(21(26)28-2)20(31-19(14)22(27)29-3)25-23(30)24-17-12-8-7-11-16(17)13-15-9-5-4-6-10-15/h4-12H,13H2,1-3H3,(H2,24,25,30). The average molecular weight is 455 g/mol. The monoisotopic (exact) mass is 454 g/mol. The maximum atomic E-state index is 12.3. The zero-order valence-electron chi connectivity index (χ0n) is 17.4. The lowest BCUT2D eigenvalue weighted by molar-refractivity contribution is 0.0601. The van der Waals surface area contributed by atoms with Crippen LogP contribution in [0.4, 0.5) is 10.7 Å². The van der Waals surface area contributed by atoms with Gasteiger partial charge in [-0.05, 0) is 48.3 Å². The first-order valence-corrected chi connectivity index (χ1v) is 10.7. The molecule has 2 N–H and O–H groups in total. The Morgan fingerprint density at radius 1 is 0.935 bits per heavy atom. The number of thiocarbonyl (C=S) groups is 1. The highest BCUT2D eigenvalue weighted by Gasteiger charge is 2.26. The zero-order chi connectivity index (χ0) is 22.4. The van der Waals surface area contributed by atoms with Crippen LogP contribution in [0.1, 0.15) is 36.7 Å². The fourth-order valence-electron chi connectivity index (χ4n) is 3.11. The van der Waals surface area contributed by atoms with Crippen molar-refractivity contribution in [1.29, 1.82) is 0 Å². The van der Waals surface area contributed by atoms with E-state index in [9.17, 15) is 9.59 Å². The number of ether oxygens (including phenoxy) is 2. The minimum absolute atomic E-state index is 0.259. The molecule has 0 bridgehead atoms. The second kappa shape index (κ2) is 10.2. The summed E-state index contributed by atoms with van der Waals surface area (Å²) in [6.07, 6.45) is 0.741. The molecule has 0 amide bonds. The van der Waals surface area contributed by atoms with E-state index in [-0.39, 0.29) is 5.56 Å². The van der Waals surface area contributed by atoms with Crippen LogP contribution in [-0.4, -0.2) is 31.3 Å². The van der Waals surface area contributed by atoms with Gasteiger partial charge in [0.1, 0.15) is 9.88 Å². The van der Waals surface area contributed by atoms with Gasteiger partial charge in [-0.25, -0.2) is 9.59 Å². The normalized spacial score (nSPS) is 10.3. The van der Waals surface area contributed by atoms with E-state index >= 15 is 0 Å². The maximum Gasteiger partial charge on any atom is 0.348 e. The summed E-state index contributed by atoms with van der Waals surface area (Å²) in [7, 11) is 2.58. The third-order valence-corrected chi connectivity index (χ3v) is 6.03. The van der Waals surface area contributed by atoms with Gasteiger partial charge < -0.3 is 20.1 Å². The molecule has 0 saturated heterocycles. The summed E-state index contributed by atoms with van der Waals surface area (Å²) in [6.45, 7) is 1.67. The highest BCUT2D eigenvalue weighted by Crippen LogP contribution is 2.34. The molecule has 0 aliphatic rings. The molecule has 160 valence electrons. The second-order valence-electron chi connectivity index (χ2n) is 6.64. The molecular weight excluding hydrogens is 432 g/mol. The van der Waals surface area contributed by atoms with Crippen molar-refractivity contribution in [3.05, 3.63) is 81.7 Å². The Morgan fingerprint density at radius 2 is 1.58 bits per heavy atom. The molecule has 0 spiro atoms. The van der Waals surface area contributed by atoms with Crippen molar-refractivity contribution < 1.29 is 19.1 Å². The van der Waals surface area contributed by atoms with Crippen LogP contribution in [0.3, 0.4) is 0 Å². The zero-order valence-corrected chi connectivity index (χ0v) is 19.0. The van der Waals surface area contributed by atoms with Gasteiger partial charge in [-0.2, -0.15) is 0 Å². The van der Waals surface area contributed by atoms with E-state index < -0.39 is 11.9 Å². The van der Waals surface area contributed by atoms with Crippen molar-refractivity contribution in [3.63, 3.8) is 0 Å². The molecule has 1 aromatic heterocycles. The number of thiophene rings is 1. The molecule has 1 heterocycles. The van der Waals surface area contributed by atoms with Gasteiger partial charge in [0, 0.05) is 5.69 Å². The number of nitrogens with one attached hydrogen (secondary N) is 2. The highest BCUT2D eigenvalue weighted by molar-refractivity contribution is 7.80. The second-order valence-corrected chi connectivity index (χ2v) is 8.07. The van der Waals surface area contributed by atoms with E-state index in [4.69, 9.17) is 21.7 Å². The van der Waals surface area contributed by atoms with Crippen molar-refractivity contribution in [2.45, 2.75) is 13.3 Å². The summed E-state index contributed by atoms with van der Waals surface area (Å²) in [6, 6.07) is 18.0. The first-order valence-electron chi connectivity index (χ1n) is 9.44. The third kappa shape index (κ3) is 5.28. The number of benzene rings is 2. The number of rotatable bonds is 6. The Hall–Kier alpha value is -3.23. The van der Waals surface area contributed by atoms with Gasteiger partial charge in [0.25, 0.3) is 0 Å². The predicted molar refractivity (Wildman–Crippen MR) is 127 cm³/mol. The Bertz CT molecular complexity index is 1110. The number of carbonyl (C=O) groups excluding carboxylic acids is 2. The Morgan fingerprint density at radius 3 is 2.26 bits per heavy atom. The molecule has 0 aliphatic heterocycles. The van der Waals surface area contributed by atoms with Gasteiger partial charge in [0.15, 0.2) is 5.11 Å². The van der Waals surface area contributed by atoms with Crippen molar-refractivity contribution in [2.24, 2.45) is 0 Å². The summed E-state index contributed by atoms with van der Waals surface area (Å²) in [5.74, 6) is -1.08. The van der Waals surface area contributed by atoms with E-state index in [1.54, 1.807) is 6.92 Å². The molecule has 0 unspecified atom stereocenters. The summed E-state index contributed by atoms with van der Waals surface area (Å²) in [4.78, 5) is 24.7. The van der Waals surface area contributed by atoms with Gasteiger partial charge in [-0.15, -0.1) is 11.3 Å². The molecule has 6 nitrogen and oxygen atoms in total. The van der Waals surface area contributed by atoms with Crippen molar-refractivity contribution in [1.82, 2.24) is 0 Å². The van der Waals surface area contributed by atoms with Gasteiger partial charge in [0.2, 0.25) is 0 Å². The van der Waals surface area contributed by atoms with E-state index in [2.05, 4.69) is 22.8 Å². The first-order chi connectivity index (χ1) is 14.9. The van der Waals surface area contributed by atoms with E-state index in [0.29, 0.717) is 20.6 Å². The minimum atomic E-state index is -0.557.